The standard InChI is InChI=1S/C17H24O6/c1-3-4-5-6-11-22-16(18)12-21-13-17(19)23-15-9-7-14(20-2)8-10-15/h7-10H,3-6,11-13H2,1-2H3. The second kappa shape index (κ2) is 11.5. The summed E-state index contributed by atoms with van der Waals surface area (Å²) in [5.41, 5.74) is 0. The number of esters is 2. The molecule has 0 atom stereocenters. The fraction of sp³-hybridized carbons (Fsp3) is 0.529. The average Bonchev–Trinajstić information content (AvgIpc) is 2.55. The molecule has 0 saturated carbocycles. The van der Waals surface area contributed by atoms with Gasteiger partial charge < -0.3 is 18.9 Å². The molecule has 0 N–H and O–H groups in total. The molecule has 0 radical (unpaired) electrons. The Hall–Kier alpha value is -2.08. The van der Waals surface area contributed by atoms with E-state index in [2.05, 4.69) is 6.92 Å². The van der Waals surface area contributed by atoms with Gasteiger partial charge in [0.2, 0.25) is 0 Å². The van der Waals surface area contributed by atoms with Crippen molar-refractivity contribution in [1.82, 2.24) is 0 Å². The van der Waals surface area contributed by atoms with Crippen LogP contribution in [0.4, 0.5) is 0 Å². The van der Waals surface area contributed by atoms with Crippen LogP contribution in [-0.2, 0) is 19.1 Å². The first-order chi connectivity index (χ1) is 11.2. The van der Waals surface area contributed by atoms with E-state index in [1.807, 2.05) is 0 Å². The van der Waals surface area contributed by atoms with Crippen LogP contribution in [0.5, 0.6) is 11.5 Å². The van der Waals surface area contributed by atoms with E-state index in [-0.39, 0.29) is 13.2 Å². The van der Waals surface area contributed by atoms with Crippen molar-refractivity contribution < 1.29 is 28.5 Å². The summed E-state index contributed by atoms with van der Waals surface area (Å²) in [4.78, 5) is 22.9. The van der Waals surface area contributed by atoms with Crippen LogP contribution in [0.1, 0.15) is 32.6 Å². The molecule has 0 aliphatic heterocycles. The zero-order chi connectivity index (χ0) is 16.9. The molecular weight excluding hydrogens is 300 g/mol. The van der Waals surface area contributed by atoms with Gasteiger partial charge in [-0.25, -0.2) is 9.59 Å². The lowest BCUT2D eigenvalue weighted by atomic mass is 10.2. The molecule has 128 valence electrons. The van der Waals surface area contributed by atoms with E-state index in [1.54, 1.807) is 31.4 Å². The van der Waals surface area contributed by atoms with Crippen molar-refractivity contribution >= 4 is 11.9 Å². The monoisotopic (exact) mass is 324 g/mol. The number of hydrogen-bond acceptors (Lipinski definition) is 6. The summed E-state index contributed by atoms with van der Waals surface area (Å²) in [5.74, 6) is 0.00490. The number of benzene rings is 1. The van der Waals surface area contributed by atoms with Crippen LogP contribution in [0.25, 0.3) is 0 Å². The van der Waals surface area contributed by atoms with Crippen LogP contribution in [0.15, 0.2) is 24.3 Å². The van der Waals surface area contributed by atoms with Crippen molar-refractivity contribution in [3.8, 4) is 11.5 Å². The SMILES string of the molecule is CCCCCCOC(=O)COCC(=O)Oc1ccc(OC)cc1. The van der Waals surface area contributed by atoms with E-state index < -0.39 is 11.9 Å². The first-order valence-electron chi connectivity index (χ1n) is 7.73. The highest BCUT2D eigenvalue weighted by atomic mass is 16.6. The molecule has 1 aromatic carbocycles. The summed E-state index contributed by atoms with van der Waals surface area (Å²) in [6, 6.07) is 6.58. The lowest BCUT2D eigenvalue weighted by Crippen LogP contribution is -2.20. The van der Waals surface area contributed by atoms with Gasteiger partial charge in [0.15, 0.2) is 0 Å². The van der Waals surface area contributed by atoms with Gasteiger partial charge in [-0.15, -0.1) is 0 Å². The number of unbranched alkanes of at least 4 members (excludes halogenated alkanes) is 3. The smallest absolute Gasteiger partial charge is 0.337 e. The molecule has 0 amide bonds. The first-order valence-corrected chi connectivity index (χ1v) is 7.73. The van der Waals surface area contributed by atoms with E-state index in [0.29, 0.717) is 18.1 Å². The third kappa shape index (κ3) is 8.83. The Balaban J connectivity index is 2.12. The minimum atomic E-state index is -0.578. The quantitative estimate of drug-likeness (QED) is 0.354. The minimum Gasteiger partial charge on any atom is -0.497 e. The van der Waals surface area contributed by atoms with E-state index in [0.717, 1.165) is 25.7 Å². The molecule has 6 heteroatoms. The highest BCUT2D eigenvalue weighted by molar-refractivity contribution is 5.75. The summed E-state index contributed by atoms with van der Waals surface area (Å²) in [7, 11) is 1.55. The minimum absolute atomic E-state index is 0.258. The topological polar surface area (TPSA) is 71.1 Å². The van der Waals surface area contributed by atoms with Gasteiger partial charge in [-0.05, 0) is 30.7 Å². The van der Waals surface area contributed by atoms with E-state index in [1.165, 1.54) is 0 Å². The van der Waals surface area contributed by atoms with E-state index in [9.17, 15) is 9.59 Å². The van der Waals surface area contributed by atoms with Gasteiger partial charge in [-0.1, -0.05) is 26.2 Å². The molecule has 0 aliphatic carbocycles. The molecule has 1 rings (SSSR count). The molecule has 6 nitrogen and oxygen atoms in total. The van der Waals surface area contributed by atoms with Crippen LogP contribution < -0.4 is 9.47 Å². The molecule has 23 heavy (non-hydrogen) atoms. The van der Waals surface area contributed by atoms with Gasteiger partial charge in [-0.3, -0.25) is 0 Å². The number of hydrogen-bond donors (Lipinski definition) is 0. The molecule has 0 bridgehead atoms. The van der Waals surface area contributed by atoms with Crippen LogP contribution in [-0.4, -0.2) is 38.9 Å². The Labute approximate surface area is 136 Å². The molecule has 0 aromatic heterocycles. The Bertz CT molecular complexity index is 468. The van der Waals surface area contributed by atoms with Crippen molar-refractivity contribution in [1.29, 1.82) is 0 Å². The molecule has 0 heterocycles. The molecule has 0 spiro atoms. The Morgan fingerprint density at radius 1 is 0.913 bits per heavy atom. The molecule has 1 aromatic rings. The van der Waals surface area contributed by atoms with Gasteiger partial charge in [0, 0.05) is 0 Å². The summed E-state index contributed by atoms with van der Waals surface area (Å²) >= 11 is 0. The third-order valence-corrected chi connectivity index (χ3v) is 2.99. The first kappa shape index (κ1) is 19.0. The van der Waals surface area contributed by atoms with Crippen LogP contribution in [0.2, 0.25) is 0 Å². The number of carbonyl (C=O) groups is 2. The second-order valence-corrected chi connectivity index (χ2v) is 4.92. The summed E-state index contributed by atoms with van der Waals surface area (Å²) in [5, 5.41) is 0. The van der Waals surface area contributed by atoms with Gasteiger partial charge in [0.25, 0.3) is 0 Å². The number of ether oxygens (including phenoxy) is 4. The lowest BCUT2D eigenvalue weighted by molar-refractivity contribution is -0.152. The van der Waals surface area contributed by atoms with E-state index in [4.69, 9.17) is 18.9 Å². The lowest BCUT2D eigenvalue weighted by Gasteiger charge is -2.07. The molecule has 0 fully saturated rings. The van der Waals surface area contributed by atoms with Crippen molar-refractivity contribution in [2.45, 2.75) is 32.6 Å². The predicted molar refractivity (Wildman–Crippen MR) is 84.5 cm³/mol. The Morgan fingerprint density at radius 2 is 1.57 bits per heavy atom. The largest absolute Gasteiger partial charge is 0.497 e. The molecule has 0 unspecified atom stereocenters. The maximum absolute atomic E-state index is 11.6. The second-order valence-electron chi connectivity index (χ2n) is 4.92. The summed E-state index contributed by atoms with van der Waals surface area (Å²) in [6.45, 7) is 1.94. The van der Waals surface area contributed by atoms with Crippen molar-refractivity contribution in [3.05, 3.63) is 24.3 Å². The molecular formula is C17H24O6. The number of methoxy groups -OCH3 is 1. The summed E-state index contributed by atoms with van der Waals surface area (Å²) < 4.78 is 20.0. The predicted octanol–water partition coefficient (Wildman–Crippen LogP) is 2.74. The number of carbonyl (C=O) groups excluding carboxylic acids is 2. The fourth-order valence-corrected chi connectivity index (χ4v) is 1.78. The van der Waals surface area contributed by atoms with Crippen LogP contribution in [0.3, 0.4) is 0 Å². The van der Waals surface area contributed by atoms with E-state index >= 15 is 0 Å². The third-order valence-electron chi connectivity index (χ3n) is 2.99. The summed E-state index contributed by atoms with van der Waals surface area (Å²) in [6.07, 6.45) is 4.15. The fourth-order valence-electron chi connectivity index (χ4n) is 1.78. The normalized spacial score (nSPS) is 10.2. The van der Waals surface area contributed by atoms with Gasteiger partial charge in [0.1, 0.15) is 24.7 Å². The van der Waals surface area contributed by atoms with Gasteiger partial charge in [0.05, 0.1) is 13.7 Å². The van der Waals surface area contributed by atoms with Gasteiger partial charge in [-0.2, -0.15) is 0 Å². The highest BCUT2D eigenvalue weighted by Gasteiger charge is 2.08. The zero-order valence-corrected chi connectivity index (χ0v) is 13.7. The number of rotatable bonds is 11. The van der Waals surface area contributed by atoms with Crippen molar-refractivity contribution in [2.24, 2.45) is 0 Å². The average molecular weight is 324 g/mol. The molecule has 0 aliphatic rings. The van der Waals surface area contributed by atoms with Crippen molar-refractivity contribution in [3.63, 3.8) is 0 Å². The Kier molecular flexibility index (Phi) is 9.47. The maximum atomic E-state index is 11.6. The van der Waals surface area contributed by atoms with Crippen LogP contribution >= 0.6 is 0 Å². The maximum Gasteiger partial charge on any atom is 0.337 e. The molecule has 0 saturated heterocycles. The Morgan fingerprint density at radius 3 is 2.22 bits per heavy atom. The highest BCUT2D eigenvalue weighted by Crippen LogP contribution is 2.16. The van der Waals surface area contributed by atoms with Crippen LogP contribution in [0, 0.1) is 0 Å². The van der Waals surface area contributed by atoms with Gasteiger partial charge >= 0.3 is 11.9 Å². The van der Waals surface area contributed by atoms with Crippen molar-refractivity contribution in [2.75, 3.05) is 26.9 Å². The zero-order valence-electron chi connectivity index (χ0n) is 13.7.